The van der Waals surface area contributed by atoms with Crippen LogP contribution in [0.4, 0.5) is 5.82 Å². The van der Waals surface area contributed by atoms with Crippen molar-refractivity contribution in [3.05, 3.63) is 17.3 Å². The zero-order chi connectivity index (χ0) is 14.7. The maximum absolute atomic E-state index is 6.02. The third-order valence-electron chi connectivity index (χ3n) is 4.52. The summed E-state index contributed by atoms with van der Waals surface area (Å²) < 4.78 is 0. The van der Waals surface area contributed by atoms with Crippen molar-refractivity contribution in [2.24, 2.45) is 11.7 Å². The van der Waals surface area contributed by atoms with Crippen LogP contribution in [0.3, 0.4) is 0 Å². The van der Waals surface area contributed by atoms with E-state index >= 15 is 0 Å². The first kappa shape index (κ1) is 14.7. The highest BCUT2D eigenvalue weighted by atomic mass is 32.1. The highest BCUT2D eigenvalue weighted by Crippen LogP contribution is 2.31. The Morgan fingerprint density at radius 2 is 2.14 bits per heavy atom. The summed E-state index contributed by atoms with van der Waals surface area (Å²) in [6.07, 6.45) is 9.31. The predicted molar refractivity (Wildman–Crippen MR) is 89.8 cm³/mol. The number of rotatable bonds is 5. The van der Waals surface area contributed by atoms with Gasteiger partial charge in [0.1, 0.15) is 17.0 Å². The molecule has 0 saturated heterocycles. The molecule has 1 aliphatic carbocycles. The third kappa shape index (κ3) is 3.19. The van der Waals surface area contributed by atoms with Gasteiger partial charge in [-0.1, -0.05) is 26.2 Å². The number of hydrogen-bond donors (Lipinski definition) is 2. The molecule has 1 aliphatic rings. The highest BCUT2D eigenvalue weighted by molar-refractivity contribution is 7.18. The van der Waals surface area contributed by atoms with Crippen LogP contribution in [-0.4, -0.2) is 22.6 Å². The average molecular weight is 304 g/mol. The molecule has 0 spiro atoms. The van der Waals surface area contributed by atoms with Gasteiger partial charge in [-0.05, 0) is 31.2 Å². The molecule has 21 heavy (non-hydrogen) atoms. The van der Waals surface area contributed by atoms with Crippen molar-refractivity contribution < 1.29 is 0 Å². The fourth-order valence-corrected chi connectivity index (χ4v) is 4.21. The quantitative estimate of drug-likeness (QED) is 0.886. The molecule has 1 fully saturated rings. The Labute approximate surface area is 130 Å². The third-order valence-corrected chi connectivity index (χ3v) is 5.71. The number of anilines is 1. The summed E-state index contributed by atoms with van der Waals surface area (Å²) in [5, 5.41) is 4.76. The molecule has 3 N–H and O–H groups in total. The lowest BCUT2D eigenvalue weighted by Crippen LogP contribution is -2.37. The van der Waals surface area contributed by atoms with Gasteiger partial charge < -0.3 is 11.1 Å². The molecule has 0 aromatic carbocycles. The molecular weight excluding hydrogens is 280 g/mol. The lowest BCUT2D eigenvalue weighted by Gasteiger charge is -2.30. The van der Waals surface area contributed by atoms with Crippen LogP contribution in [-0.2, 0) is 6.42 Å². The molecular formula is C16H24N4S. The fraction of sp³-hybridized carbons (Fsp3) is 0.625. The Morgan fingerprint density at radius 3 is 2.86 bits per heavy atom. The van der Waals surface area contributed by atoms with Crippen molar-refractivity contribution in [3.63, 3.8) is 0 Å². The SMILES string of the molecule is CCc1cc2c(NC(CN)C3CCCCC3)ncnc2s1. The maximum Gasteiger partial charge on any atom is 0.138 e. The molecule has 114 valence electrons. The van der Waals surface area contributed by atoms with Gasteiger partial charge in [0, 0.05) is 17.5 Å². The Morgan fingerprint density at radius 1 is 1.33 bits per heavy atom. The van der Waals surface area contributed by atoms with E-state index in [4.69, 9.17) is 5.73 Å². The van der Waals surface area contributed by atoms with E-state index in [0.29, 0.717) is 18.5 Å². The topological polar surface area (TPSA) is 63.8 Å². The second kappa shape index (κ2) is 6.71. The Bertz CT molecular complexity index is 589. The van der Waals surface area contributed by atoms with Crippen molar-refractivity contribution in [3.8, 4) is 0 Å². The van der Waals surface area contributed by atoms with Gasteiger partial charge >= 0.3 is 0 Å². The molecule has 5 heteroatoms. The molecule has 2 aromatic rings. The van der Waals surface area contributed by atoms with Gasteiger partial charge in [-0.25, -0.2) is 9.97 Å². The number of aryl methyl sites for hydroxylation is 1. The van der Waals surface area contributed by atoms with Crippen LogP contribution < -0.4 is 11.1 Å². The summed E-state index contributed by atoms with van der Waals surface area (Å²) in [4.78, 5) is 11.3. The van der Waals surface area contributed by atoms with E-state index in [0.717, 1.165) is 22.5 Å². The normalized spacial score (nSPS) is 18.0. The lowest BCUT2D eigenvalue weighted by atomic mass is 9.84. The van der Waals surface area contributed by atoms with Crippen molar-refractivity contribution in [2.45, 2.75) is 51.5 Å². The van der Waals surface area contributed by atoms with Crippen molar-refractivity contribution in [1.29, 1.82) is 0 Å². The predicted octanol–water partition coefficient (Wildman–Crippen LogP) is 3.57. The minimum Gasteiger partial charge on any atom is -0.365 e. The van der Waals surface area contributed by atoms with Crippen LogP contribution in [0.1, 0.15) is 43.9 Å². The van der Waals surface area contributed by atoms with Gasteiger partial charge in [-0.2, -0.15) is 0 Å². The van der Waals surface area contributed by atoms with E-state index in [1.54, 1.807) is 17.7 Å². The molecule has 0 radical (unpaired) electrons. The molecule has 2 aromatic heterocycles. The summed E-state index contributed by atoms with van der Waals surface area (Å²) >= 11 is 1.76. The second-order valence-corrected chi connectivity index (χ2v) is 7.01. The van der Waals surface area contributed by atoms with E-state index in [-0.39, 0.29) is 0 Å². The molecule has 0 amide bonds. The first-order chi connectivity index (χ1) is 10.3. The summed E-state index contributed by atoms with van der Waals surface area (Å²) in [5.74, 6) is 1.63. The van der Waals surface area contributed by atoms with E-state index in [9.17, 15) is 0 Å². The largest absolute Gasteiger partial charge is 0.365 e. The molecule has 3 rings (SSSR count). The number of nitrogens with one attached hydrogen (secondary N) is 1. The monoisotopic (exact) mass is 304 g/mol. The maximum atomic E-state index is 6.02. The van der Waals surface area contributed by atoms with E-state index in [1.807, 2.05) is 0 Å². The van der Waals surface area contributed by atoms with E-state index < -0.39 is 0 Å². The van der Waals surface area contributed by atoms with Crippen LogP contribution >= 0.6 is 11.3 Å². The molecule has 1 atom stereocenters. The number of nitrogens with zero attached hydrogens (tertiary/aromatic N) is 2. The van der Waals surface area contributed by atoms with Gasteiger partial charge in [-0.15, -0.1) is 11.3 Å². The Hall–Kier alpha value is -1.20. The minimum atomic E-state index is 0.327. The first-order valence-electron chi connectivity index (χ1n) is 8.01. The van der Waals surface area contributed by atoms with E-state index in [1.165, 1.54) is 37.0 Å². The molecule has 1 saturated carbocycles. The van der Waals surface area contributed by atoms with Crippen LogP contribution in [0.25, 0.3) is 10.2 Å². The highest BCUT2D eigenvalue weighted by Gasteiger charge is 2.23. The zero-order valence-corrected chi connectivity index (χ0v) is 13.5. The molecule has 2 heterocycles. The molecule has 1 unspecified atom stereocenters. The Balaban J connectivity index is 1.83. The van der Waals surface area contributed by atoms with Crippen LogP contribution in [0, 0.1) is 5.92 Å². The van der Waals surface area contributed by atoms with Crippen molar-refractivity contribution in [1.82, 2.24) is 9.97 Å². The van der Waals surface area contributed by atoms with Gasteiger partial charge in [0.05, 0.1) is 5.39 Å². The summed E-state index contributed by atoms with van der Waals surface area (Å²) in [6.45, 7) is 2.84. The summed E-state index contributed by atoms with van der Waals surface area (Å²) in [7, 11) is 0. The lowest BCUT2D eigenvalue weighted by molar-refractivity contribution is 0.320. The van der Waals surface area contributed by atoms with Gasteiger partial charge in [0.15, 0.2) is 0 Å². The summed E-state index contributed by atoms with van der Waals surface area (Å²) in [5.41, 5.74) is 6.02. The number of aromatic nitrogens is 2. The molecule has 4 nitrogen and oxygen atoms in total. The smallest absolute Gasteiger partial charge is 0.138 e. The number of nitrogens with two attached hydrogens (primary N) is 1. The fourth-order valence-electron chi connectivity index (χ4n) is 3.28. The second-order valence-electron chi connectivity index (χ2n) is 5.89. The number of thiophene rings is 1. The van der Waals surface area contributed by atoms with Gasteiger partial charge in [-0.3, -0.25) is 0 Å². The van der Waals surface area contributed by atoms with Crippen molar-refractivity contribution >= 4 is 27.4 Å². The summed E-state index contributed by atoms with van der Waals surface area (Å²) in [6, 6.07) is 2.55. The van der Waals surface area contributed by atoms with Crippen LogP contribution in [0.15, 0.2) is 12.4 Å². The number of fused-ring (bicyclic) bond motifs is 1. The molecule has 0 bridgehead atoms. The Kier molecular flexibility index (Phi) is 4.70. The first-order valence-corrected chi connectivity index (χ1v) is 8.83. The van der Waals surface area contributed by atoms with E-state index in [2.05, 4.69) is 28.3 Å². The zero-order valence-electron chi connectivity index (χ0n) is 12.6. The average Bonchev–Trinajstić information content (AvgIpc) is 2.97. The van der Waals surface area contributed by atoms with Crippen molar-refractivity contribution in [2.75, 3.05) is 11.9 Å². The molecule has 0 aliphatic heterocycles. The minimum absolute atomic E-state index is 0.327. The standard InChI is InChI=1S/C16H24N4S/c1-2-12-8-13-15(18-10-19-16(13)21-12)20-14(9-17)11-6-4-3-5-7-11/h8,10-11,14H,2-7,9,17H2,1H3,(H,18,19,20). The number of hydrogen-bond acceptors (Lipinski definition) is 5. The van der Waals surface area contributed by atoms with Crippen LogP contribution in [0.5, 0.6) is 0 Å². The van der Waals surface area contributed by atoms with Gasteiger partial charge in [0.2, 0.25) is 0 Å². The van der Waals surface area contributed by atoms with Gasteiger partial charge in [0.25, 0.3) is 0 Å². The van der Waals surface area contributed by atoms with Crippen LogP contribution in [0.2, 0.25) is 0 Å².